The summed E-state index contributed by atoms with van der Waals surface area (Å²) in [5, 5.41) is 0. The van der Waals surface area contributed by atoms with Gasteiger partial charge in [-0.25, -0.2) is 4.79 Å². The highest BCUT2D eigenvalue weighted by molar-refractivity contribution is 5.63. The molecule has 122 valence electrons. The van der Waals surface area contributed by atoms with Crippen LogP contribution in [0.1, 0.15) is 19.8 Å². The highest BCUT2D eigenvalue weighted by Crippen LogP contribution is 2.13. The van der Waals surface area contributed by atoms with Gasteiger partial charge in [-0.2, -0.15) is 0 Å². The monoisotopic (exact) mass is 313 g/mol. The molecule has 0 fully saturated rings. The van der Waals surface area contributed by atoms with E-state index in [1.54, 1.807) is 12.1 Å². The molecule has 4 heteroatoms. The van der Waals surface area contributed by atoms with Gasteiger partial charge in [-0.05, 0) is 44.0 Å². The van der Waals surface area contributed by atoms with Gasteiger partial charge in [0, 0.05) is 18.8 Å². The van der Waals surface area contributed by atoms with Crippen LogP contribution in [-0.4, -0.2) is 25.9 Å². The van der Waals surface area contributed by atoms with Gasteiger partial charge in [0.1, 0.15) is 5.75 Å². The molecule has 0 N–H and O–H groups in total. The van der Waals surface area contributed by atoms with E-state index in [9.17, 15) is 4.79 Å². The van der Waals surface area contributed by atoms with E-state index >= 15 is 0 Å². The number of ether oxygens (including phenoxy) is 2. The van der Waals surface area contributed by atoms with E-state index in [4.69, 9.17) is 9.47 Å². The predicted octanol–water partition coefficient (Wildman–Crippen LogP) is 4.51. The van der Waals surface area contributed by atoms with Gasteiger partial charge in [-0.15, -0.1) is 0 Å². The number of carbonyl (C=O) groups excluding carboxylic acids is 1. The zero-order valence-corrected chi connectivity index (χ0v) is 13.5. The molecule has 0 spiro atoms. The second-order valence-corrected chi connectivity index (χ2v) is 5.14. The predicted molar refractivity (Wildman–Crippen MR) is 92.0 cm³/mol. The number of carbonyl (C=O) groups is 1. The molecule has 0 radical (unpaired) electrons. The first-order valence-electron chi connectivity index (χ1n) is 7.99. The summed E-state index contributed by atoms with van der Waals surface area (Å²) in [6, 6.07) is 19.3. The molecule has 23 heavy (non-hydrogen) atoms. The average molecular weight is 313 g/mol. The van der Waals surface area contributed by atoms with Crippen LogP contribution < -0.4 is 9.64 Å². The van der Waals surface area contributed by atoms with Crippen LogP contribution in [0, 0.1) is 0 Å². The van der Waals surface area contributed by atoms with Crippen molar-refractivity contribution in [1.29, 1.82) is 0 Å². The lowest BCUT2D eigenvalue weighted by Gasteiger charge is -2.22. The standard InChI is InChI=1S/C19H23NO3/c1-2-20(17-11-5-3-6-12-17)15-9-10-16-22-19(21)23-18-13-7-4-8-14-18/h3-8,11-14H,2,9-10,15-16H2,1H3. The summed E-state index contributed by atoms with van der Waals surface area (Å²) in [6.07, 6.45) is 1.13. The lowest BCUT2D eigenvalue weighted by atomic mass is 10.2. The van der Waals surface area contributed by atoms with Crippen molar-refractivity contribution in [2.75, 3.05) is 24.6 Å². The van der Waals surface area contributed by atoms with Crippen LogP contribution >= 0.6 is 0 Å². The normalized spacial score (nSPS) is 10.1. The Balaban J connectivity index is 1.62. The molecular weight excluding hydrogens is 290 g/mol. The van der Waals surface area contributed by atoms with Crippen molar-refractivity contribution >= 4 is 11.8 Å². The van der Waals surface area contributed by atoms with E-state index in [1.165, 1.54) is 5.69 Å². The third-order valence-electron chi connectivity index (χ3n) is 3.49. The maximum Gasteiger partial charge on any atom is 0.513 e. The Morgan fingerprint density at radius 1 is 0.957 bits per heavy atom. The Kier molecular flexibility index (Phi) is 6.98. The molecule has 0 aliphatic heterocycles. The van der Waals surface area contributed by atoms with E-state index in [-0.39, 0.29) is 0 Å². The molecule has 0 bridgehead atoms. The molecule has 0 amide bonds. The minimum atomic E-state index is -0.647. The molecule has 2 aromatic carbocycles. The maximum atomic E-state index is 11.5. The fourth-order valence-electron chi connectivity index (χ4n) is 2.28. The van der Waals surface area contributed by atoms with Gasteiger partial charge in [-0.1, -0.05) is 36.4 Å². The van der Waals surface area contributed by atoms with Crippen LogP contribution in [0.3, 0.4) is 0 Å². The summed E-state index contributed by atoms with van der Waals surface area (Å²) in [6.45, 7) is 4.41. The number of unbranched alkanes of at least 4 members (excludes halogenated alkanes) is 1. The van der Waals surface area contributed by atoms with Crippen LogP contribution in [0.4, 0.5) is 10.5 Å². The summed E-state index contributed by atoms with van der Waals surface area (Å²) in [4.78, 5) is 13.8. The SMILES string of the molecule is CCN(CCCCOC(=O)Oc1ccccc1)c1ccccc1. The van der Waals surface area contributed by atoms with Crippen LogP contribution in [0.2, 0.25) is 0 Å². The number of para-hydroxylation sites is 2. The van der Waals surface area contributed by atoms with Crippen molar-refractivity contribution in [3.63, 3.8) is 0 Å². The molecule has 2 rings (SSSR count). The molecule has 4 nitrogen and oxygen atoms in total. The van der Waals surface area contributed by atoms with Crippen molar-refractivity contribution in [2.24, 2.45) is 0 Å². The fraction of sp³-hybridized carbons (Fsp3) is 0.316. The highest BCUT2D eigenvalue weighted by atomic mass is 16.7. The van der Waals surface area contributed by atoms with Crippen molar-refractivity contribution < 1.29 is 14.3 Å². The number of nitrogens with zero attached hydrogens (tertiary/aromatic N) is 1. The summed E-state index contributed by atoms with van der Waals surface area (Å²) in [5.74, 6) is 0.499. The van der Waals surface area contributed by atoms with E-state index in [0.29, 0.717) is 12.4 Å². The van der Waals surface area contributed by atoms with Crippen LogP contribution in [0.5, 0.6) is 5.75 Å². The van der Waals surface area contributed by atoms with Gasteiger partial charge in [-0.3, -0.25) is 0 Å². The first-order valence-corrected chi connectivity index (χ1v) is 7.99. The largest absolute Gasteiger partial charge is 0.513 e. The molecule has 2 aromatic rings. The first kappa shape index (κ1) is 16.9. The van der Waals surface area contributed by atoms with Gasteiger partial charge in [0.25, 0.3) is 0 Å². The molecule has 0 unspecified atom stereocenters. The van der Waals surface area contributed by atoms with Crippen molar-refractivity contribution in [3.05, 3.63) is 60.7 Å². The molecule has 0 heterocycles. The lowest BCUT2D eigenvalue weighted by molar-refractivity contribution is 0.0976. The minimum Gasteiger partial charge on any atom is -0.434 e. The lowest BCUT2D eigenvalue weighted by Crippen LogP contribution is -2.24. The Morgan fingerprint density at radius 2 is 1.61 bits per heavy atom. The van der Waals surface area contributed by atoms with E-state index in [0.717, 1.165) is 25.9 Å². The van der Waals surface area contributed by atoms with E-state index in [1.807, 2.05) is 36.4 Å². The molecular formula is C19H23NO3. The Labute approximate surface area is 137 Å². The van der Waals surface area contributed by atoms with Gasteiger partial charge in [0.2, 0.25) is 0 Å². The van der Waals surface area contributed by atoms with Gasteiger partial charge in [0.05, 0.1) is 6.61 Å². The molecule has 0 aliphatic carbocycles. The summed E-state index contributed by atoms with van der Waals surface area (Å²) in [5.41, 5.74) is 1.22. The number of benzene rings is 2. The van der Waals surface area contributed by atoms with Crippen molar-refractivity contribution in [3.8, 4) is 5.75 Å². The second-order valence-electron chi connectivity index (χ2n) is 5.14. The average Bonchev–Trinajstić information content (AvgIpc) is 2.60. The molecule has 0 saturated heterocycles. The number of hydrogen-bond donors (Lipinski definition) is 0. The van der Waals surface area contributed by atoms with Crippen LogP contribution in [0.15, 0.2) is 60.7 Å². The number of anilines is 1. The third kappa shape index (κ3) is 6.02. The molecule has 0 atom stereocenters. The first-order chi connectivity index (χ1) is 11.3. The Hall–Kier alpha value is -2.49. The summed E-state index contributed by atoms with van der Waals surface area (Å²) < 4.78 is 10.1. The van der Waals surface area contributed by atoms with E-state index < -0.39 is 6.16 Å². The van der Waals surface area contributed by atoms with Crippen LogP contribution in [-0.2, 0) is 4.74 Å². The Morgan fingerprint density at radius 3 is 2.26 bits per heavy atom. The van der Waals surface area contributed by atoms with Gasteiger partial charge in [0.15, 0.2) is 0 Å². The maximum absolute atomic E-state index is 11.5. The molecule has 0 aliphatic rings. The second kappa shape index (κ2) is 9.51. The molecule has 0 aromatic heterocycles. The molecule has 0 saturated carbocycles. The highest BCUT2D eigenvalue weighted by Gasteiger charge is 2.06. The van der Waals surface area contributed by atoms with Crippen LogP contribution in [0.25, 0.3) is 0 Å². The summed E-state index contributed by atoms with van der Waals surface area (Å²) in [7, 11) is 0. The third-order valence-corrected chi connectivity index (χ3v) is 3.49. The Bertz CT molecular complexity index is 572. The minimum absolute atomic E-state index is 0.373. The topological polar surface area (TPSA) is 38.8 Å². The van der Waals surface area contributed by atoms with E-state index in [2.05, 4.69) is 24.0 Å². The van der Waals surface area contributed by atoms with Gasteiger partial charge >= 0.3 is 6.16 Å². The fourth-order valence-corrected chi connectivity index (χ4v) is 2.28. The van der Waals surface area contributed by atoms with Crippen molar-refractivity contribution in [1.82, 2.24) is 0 Å². The number of rotatable bonds is 8. The zero-order chi connectivity index (χ0) is 16.3. The zero-order valence-electron chi connectivity index (χ0n) is 13.5. The quantitative estimate of drug-likeness (QED) is 0.408. The van der Waals surface area contributed by atoms with Gasteiger partial charge < -0.3 is 14.4 Å². The summed E-state index contributed by atoms with van der Waals surface area (Å²) >= 11 is 0. The number of hydrogen-bond acceptors (Lipinski definition) is 4. The van der Waals surface area contributed by atoms with Crippen molar-refractivity contribution in [2.45, 2.75) is 19.8 Å². The smallest absolute Gasteiger partial charge is 0.434 e.